The minimum atomic E-state index is 0. The molecule has 0 amide bonds. The van der Waals surface area contributed by atoms with E-state index in [1.165, 1.54) is 11.3 Å². The number of aromatic nitrogens is 2. The summed E-state index contributed by atoms with van der Waals surface area (Å²) >= 11 is 0. The van der Waals surface area contributed by atoms with Gasteiger partial charge < -0.3 is 11.1 Å². The van der Waals surface area contributed by atoms with Crippen LogP contribution in [0.1, 0.15) is 43.1 Å². The highest BCUT2D eigenvalue weighted by molar-refractivity contribution is 14.0. The number of hydrogen-bond donors (Lipinski definition) is 2. The van der Waals surface area contributed by atoms with E-state index in [1.54, 1.807) is 0 Å². The molecule has 0 radical (unpaired) electrons. The van der Waals surface area contributed by atoms with Crippen molar-refractivity contribution in [2.45, 2.75) is 46.6 Å². The van der Waals surface area contributed by atoms with E-state index in [0.717, 1.165) is 24.3 Å². The number of anilines is 1. The van der Waals surface area contributed by atoms with E-state index in [4.69, 9.17) is 5.73 Å². The van der Waals surface area contributed by atoms with Gasteiger partial charge in [-0.2, -0.15) is 5.10 Å². The predicted octanol–water partition coefficient (Wildman–Crippen LogP) is 4.06. The van der Waals surface area contributed by atoms with Crippen molar-refractivity contribution in [1.29, 1.82) is 0 Å². The van der Waals surface area contributed by atoms with Crippen LogP contribution in [-0.2, 0) is 6.54 Å². The van der Waals surface area contributed by atoms with Crippen LogP contribution in [0.15, 0.2) is 35.3 Å². The van der Waals surface area contributed by atoms with Gasteiger partial charge in [-0.3, -0.25) is 9.67 Å². The van der Waals surface area contributed by atoms with Crippen LogP contribution in [0, 0.1) is 13.8 Å². The van der Waals surface area contributed by atoms with Crippen LogP contribution in [0.4, 0.5) is 5.69 Å². The summed E-state index contributed by atoms with van der Waals surface area (Å²) in [6.07, 6.45) is 0.913. The molecule has 2 aromatic rings. The molecule has 24 heavy (non-hydrogen) atoms. The summed E-state index contributed by atoms with van der Waals surface area (Å²) in [4.78, 5) is 4.39. The van der Waals surface area contributed by atoms with Crippen LogP contribution in [0.25, 0.3) is 0 Å². The highest BCUT2D eigenvalue weighted by Gasteiger charge is 2.02. The summed E-state index contributed by atoms with van der Waals surface area (Å²) in [6, 6.07) is 10.4. The summed E-state index contributed by atoms with van der Waals surface area (Å²) in [5.41, 5.74) is 10.5. The Morgan fingerprint density at radius 2 is 2.04 bits per heavy atom. The molecule has 0 aliphatic heterocycles. The van der Waals surface area contributed by atoms with Gasteiger partial charge in [-0.25, -0.2) is 0 Å². The lowest BCUT2D eigenvalue weighted by molar-refractivity contribution is 0.568. The number of nitrogens with zero attached hydrogens (tertiary/aromatic N) is 3. The normalized spacial score (nSPS) is 11.5. The van der Waals surface area contributed by atoms with Crippen molar-refractivity contribution < 1.29 is 0 Å². The van der Waals surface area contributed by atoms with Crippen molar-refractivity contribution in [3.05, 3.63) is 47.3 Å². The molecule has 2 rings (SSSR count). The average molecular weight is 441 g/mol. The van der Waals surface area contributed by atoms with Gasteiger partial charge in [0.1, 0.15) is 0 Å². The van der Waals surface area contributed by atoms with Gasteiger partial charge in [-0.05, 0) is 49.9 Å². The van der Waals surface area contributed by atoms with Gasteiger partial charge in [0.05, 0.1) is 5.69 Å². The SMILES string of the molecule is Cc1cc(C)n(CCCN=C(N)Nc2cccc(C(C)C)c2)n1.I. The molecule has 0 unspecified atom stereocenters. The van der Waals surface area contributed by atoms with Crippen molar-refractivity contribution in [3.8, 4) is 0 Å². The maximum absolute atomic E-state index is 5.96. The molecule has 0 fully saturated rings. The number of benzene rings is 1. The Hall–Kier alpha value is -1.57. The van der Waals surface area contributed by atoms with Crippen LogP contribution in [0.2, 0.25) is 0 Å². The highest BCUT2D eigenvalue weighted by Crippen LogP contribution is 2.18. The molecule has 0 bridgehead atoms. The first kappa shape index (κ1) is 20.5. The Morgan fingerprint density at radius 3 is 2.67 bits per heavy atom. The van der Waals surface area contributed by atoms with Crippen LogP contribution >= 0.6 is 24.0 Å². The summed E-state index contributed by atoms with van der Waals surface area (Å²) in [7, 11) is 0. The van der Waals surface area contributed by atoms with Crippen LogP contribution in [0.3, 0.4) is 0 Å². The van der Waals surface area contributed by atoms with Crippen LogP contribution in [0.5, 0.6) is 0 Å². The van der Waals surface area contributed by atoms with E-state index in [9.17, 15) is 0 Å². The number of guanidine groups is 1. The van der Waals surface area contributed by atoms with E-state index in [-0.39, 0.29) is 24.0 Å². The minimum absolute atomic E-state index is 0. The number of hydrogen-bond acceptors (Lipinski definition) is 2. The molecule has 0 aliphatic carbocycles. The largest absolute Gasteiger partial charge is 0.370 e. The molecule has 1 aromatic carbocycles. The van der Waals surface area contributed by atoms with Gasteiger partial charge in [0, 0.05) is 24.5 Å². The minimum Gasteiger partial charge on any atom is -0.370 e. The standard InChI is InChI=1S/C18H27N5.HI/c1-13(2)16-7-5-8-17(12-16)21-18(19)20-9-6-10-23-15(4)11-14(3)22-23;/h5,7-8,11-13H,6,9-10H2,1-4H3,(H3,19,20,21);1H. The number of nitrogens with one attached hydrogen (secondary N) is 1. The van der Waals surface area contributed by atoms with Crippen LogP contribution < -0.4 is 11.1 Å². The Labute approximate surface area is 161 Å². The monoisotopic (exact) mass is 441 g/mol. The zero-order valence-corrected chi connectivity index (χ0v) is 17.2. The molecule has 0 aliphatic rings. The van der Waals surface area contributed by atoms with Crippen molar-refractivity contribution >= 4 is 35.6 Å². The second-order valence-electron chi connectivity index (χ2n) is 6.18. The molecule has 3 N–H and O–H groups in total. The number of aliphatic imine (C=N–C) groups is 1. The van der Waals surface area contributed by atoms with E-state index >= 15 is 0 Å². The first-order chi connectivity index (χ1) is 11.0. The number of halogens is 1. The smallest absolute Gasteiger partial charge is 0.193 e. The summed E-state index contributed by atoms with van der Waals surface area (Å²) in [5, 5.41) is 7.60. The zero-order valence-electron chi connectivity index (χ0n) is 14.9. The number of nitrogens with two attached hydrogens (primary N) is 1. The Balaban J connectivity index is 0.00000288. The molecule has 6 heteroatoms. The van der Waals surface area contributed by atoms with Gasteiger partial charge in [0.2, 0.25) is 0 Å². The van der Waals surface area contributed by atoms with Crippen molar-refractivity contribution in [2.24, 2.45) is 10.7 Å². The number of aryl methyl sites for hydroxylation is 3. The first-order valence-electron chi connectivity index (χ1n) is 8.13. The molecule has 0 spiro atoms. The molecular weight excluding hydrogens is 413 g/mol. The van der Waals surface area contributed by atoms with E-state index < -0.39 is 0 Å². The Morgan fingerprint density at radius 1 is 1.29 bits per heavy atom. The maximum Gasteiger partial charge on any atom is 0.193 e. The fourth-order valence-electron chi connectivity index (χ4n) is 2.48. The third kappa shape index (κ3) is 6.14. The lowest BCUT2D eigenvalue weighted by Gasteiger charge is -2.10. The summed E-state index contributed by atoms with van der Waals surface area (Å²) < 4.78 is 2.01. The fourth-order valence-corrected chi connectivity index (χ4v) is 2.48. The van der Waals surface area contributed by atoms with Gasteiger partial charge >= 0.3 is 0 Å². The Kier molecular flexibility index (Phi) is 8.24. The lowest BCUT2D eigenvalue weighted by Crippen LogP contribution is -2.23. The quantitative estimate of drug-likeness (QED) is 0.308. The molecule has 1 heterocycles. The maximum atomic E-state index is 5.96. The summed E-state index contributed by atoms with van der Waals surface area (Å²) in [6.45, 7) is 9.97. The van der Waals surface area contributed by atoms with Gasteiger partial charge in [-0.1, -0.05) is 26.0 Å². The first-order valence-corrected chi connectivity index (χ1v) is 8.13. The molecule has 0 saturated carbocycles. The predicted molar refractivity (Wildman–Crippen MR) is 112 cm³/mol. The van der Waals surface area contributed by atoms with Crippen molar-refractivity contribution in [1.82, 2.24) is 9.78 Å². The molecule has 132 valence electrons. The molecule has 0 atom stereocenters. The molecule has 1 aromatic heterocycles. The van der Waals surface area contributed by atoms with Crippen molar-refractivity contribution in [3.63, 3.8) is 0 Å². The van der Waals surface area contributed by atoms with E-state index in [0.29, 0.717) is 18.4 Å². The van der Waals surface area contributed by atoms with Gasteiger partial charge in [-0.15, -0.1) is 24.0 Å². The summed E-state index contributed by atoms with van der Waals surface area (Å²) in [5.74, 6) is 0.954. The second kappa shape index (κ2) is 9.66. The molecule has 0 saturated heterocycles. The van der Waals surface area contributed by atoms with Gasteiger partial charge in [0.15, 0.2) is 5.96 Å². The third-order valence-electron chi connectivity index (χ3n) is 3.74. The van der Waals surface area contributed by atoms with Crippen molar-refractivity contribution in [2.75, 3.05) is 11.9 Å². The molecular formula is C18H28IN5. The second-order valence-corrected chi connectivity index (χ2v) is 6.18. The van der Waals surface area contributed by atoms with Crippen LogP contribution in [-0.4, -0.2) is 22.3 Å². The average Bonchev–Trinajstić information content (AvgIpc) is 2.82. The highest BCUT2D eigenvalue weighted by atomic mass is 127. The van der Waals surface area contributed by atoms with E-state index in [1.807, 2.05) is 23.7 Å². The lowest BCUT2D eigenvalue weighted by atomic mass is 10.0. The molecule has 5 nitrogen and oxygen atoms in total. The van der Waals surface area contributed by atoms with Gasteiger partial charge in [0.25, 0.3) is 0 Å². The number of rotatable bonds is 6. The zero-order chi connectivity index (χ0) is 16.8. The Bertz CT molecular complexity index is 676. The van der Waals surface area contributed by atoms with E-state index in [2.05, 4.69) is 54.4 Å². The fraction of sp³-hybridized carbons (Fsp3) is 0.444. The third-order valence-corrected chi connectivity index (χ3v) is 3.74. The topological polar surface area (TPSA) is 68.2 Å².